The molecule has 222 valence electrons. The molecule has 4 rings (SSSR count). The maximum Gasteiger partial charge on any atom is 0.313 e. The zero-order valence-corrected chi connectivity index (χ0v) is 23.7. The molecule has 0 aliphatic carbocycles. The van der Waals surface area contributed by atoms with E-state index in [1.54, 1.807) is 24.5 Å². The summed E-state index contributed by atoms with van der Waals surface area (Å²) in [7, 11) is 0. The number of halogens is 1. The third-order valence-electron chi connectivity index (χ3n) is 6.82. The number of nitrogens with two attached hydrogens (primary N) is 1. The summed E-state index contributed by atoms with van der Waals surface area (Å²) in [5.41, 5.74) is 7.04. The number of piperidine rings is 1. The summed E-state index contributed by atoms with van der Waals surface area (Å²) < 4.78 is 31.7. The fourth-order valence-corrected chi connectivity index (χ4v) is 4.46. The zero-order chi connectivity index (χ0) is 29.2. The molecule has 1 aromatic heterocycles. The van der Waals surface area contributed by atoms with Crippen molar-refractivity contribution in [2.75, 3.05) is 37.8 Å². The maximum atomic E-state index is 15.1. The molecule has 2 aliphatic rings. The van der Waals surface area contributed by atoms with E-state index in [0.717, 1.165) is 44.4 Å². The lowest BCUT2D eigenvalue weighted by atomic mass is 9.96. The van der Waals surface area contributed by atoms with Crippen molar-refractivity contribution in [3.63, 3.8) is 0 Å². The second kappa shape index (κ2) is 14.3. The van der Waals surface area contributed by atoms with Crippen molar-refractivity contribution in [2.24, 2.45) is 16.3 Å². The number of oxime groups is 1. The molecule has 2 aromatic rings. The molecule has 2 fully saturated rings. The summed E-state index contributed by atoms with van der Waals surface area (Å²) in [5, 5.41) is 11.5. The van der Waals surface area contributed by atoms with Crippen LogP contribution in [0, 0.1) is 16.6 Å². The number of nitrogens with zero attached hydrogens (tertiary/aromatic N) is 4. The first-order chi connectivity index (χ1) is 19.7. The Bertz CT molecular complexity index is 1210. The van der Waals surface area contributed by atoms with E-state index in [1.165, 1.54) is 6.07 Å². The first kappa shape index (κ1) is 30.3. The highest BCUT2D eigenvalue weighted by molar-refractivity contribution is 5.94. The van der Waals surface area contributed by atoms with Crippen LogP contribution in [0.3, 0.4) is 0 Å². The van der Waals surface area contributed by atoms with E-state index < -0.39 is 11.8 Å². The van der Waals surface area contributed by atoms with Crippen molar-refractivity contribution >= 4 is 23.5 Å². The van der Waals surface area contributed by atoms with Crippen LogP contribution >= 0.6 is 0 Å². The van der Waals surface area contributed by atoms with Gasteiger partial charge in [-0.2, -0.15) is 0 Å². The van der Waals surface area contributed by atoms with Gasteiger partial charge in [0.15, 0.2) is 6.29 Å². The molecule has 41 heavy (non-hydrogen) atoms. The first-order valence-corrected chi connectivity index (χ1v) is 13.9. The van der Waals surface area contributed by atoms with Gasteiger partial charge in [0.2, 0.25) is 5.95 Å². The molecular weight excluding hydrogens is 531 g/mol. The molecule has 0 bridgehead atoms. The minimum absolute atomic E-state index is 0.116. The third-order valence-corrected chi connectivity index (χ3v) is 6.82. The van der Waals surface area contributed by atoms with Crippen molar-refractivity contribution < 1.29 is 28.2 Å². The topological polar surface area (TPSA) is 145 Å². The second-order valence-corrected chi connectivity index (χ2v) is 11.1. The van der Waals surface area contributed by atoms with Crippen LogP contribution in [0.2, 0.25) is 0 Å². The second-order valence-electron chi connectivity index (χ2n) is 11.1. The van der Waals surface area contributed by atoms with Crippen LogP contribution in [-0.4, -0.2) is 66.7 Å². The summed E-state index contributed by atoms with van der Waals surface area (Å²) in [6.45, 7) is 7.08. The lowest BCUT2D eigenvalue weighted by Crippen LogP contribution is -2.35. The highest BCUT2D eigenvalue weighted by atomic mass is 19.1. The van der Waals surface area contributed by atoms with Crippen molar-refractivity contribution in [3.8, 4) is 11.1 Å². The number of nitrogens with one attached hydrogen (secondary N) is 1. The molecular formula is C29H39FN6O5. The Labute approximate surface area is 239 Å². The van der Waals surface area contributed by atoms with E-state index in [1.807, 2.05) is 0 Å². The molecule has 2 saturated heterocycles. The number of ether oxygens (including phenoxy) is 3. The van der Waals surface area contributed by atoms with E-state index in [0.29, 0.717) is 43.4 Å². The highest BCUT2D eigenvalue weighted by Crippen LogP contribution is 2.26. The van der Waals surface area contributed by atoms with Crippen molar-refractivity contribution in [3.05, 3.63) is 42.0 Å². The number of carbonyl (C=O) groups excluding carboxylic acids is 1. The number of hydrogen-bond acceptors (Lipinski definition) is 10. The van der Waals surface area contributed by atoms with E-state index in [-0.39, 0.29) is 36.1 Å². The quantitative estimate of drug-likeness (QED) is 0.166. The number of carbonyl (C=O) groups is 1. The SMILES string of the molecule is CC(C)(CON=C1CCN(c2ncc(-c3cccc(COC(=O)CC(=N)N)c3F)cn2)CC1)COC1CCCCO1. The van der Waals surface area contributed by atoms with Crippen LogP contribution in [0.1, 0.15) is 57.9 Å². The Balaban J connectivity index is 1.25. The number of rotatable bonds is 12. The summed E-state index contributed by atoms with van der Waals surface area (Å²) in [6, 6.07) is 4.83. The van der Waals surface area contributed by atoms with E-state index in [4.69, 9.17) is 30.2 Å². The van der Waals surface area contributed by atoms with Gasteiger partial charge in [0, 0.05) is 67.0 Å². The van der Waals surface area contributed by atoms with Gasteiger partial charge in [-0.15, -0.1) is 0 Å². The van der Waals surface area contributed by atoms with Gasteiger partial charge >= 0.3 is 5.97 Å². The number of amidine groups is 1. The lowest BCUT2D eigenvalue weighted by Gasteiger charge is -2.29. The van der Waals surface area contributed by atoms with Gasteiger partial charge in [-0.1, -0.05) is 37.2 Å². The van der Waals surface area contributed by atoms with Crippen molar-refractivity contribution in [1.29, 1.82) is 5.41 Å². The van der Waals surface area contributed by atoms with Crippen LogP contribution in [0.25, 0.3) is 11.1 Å². The summed E-state index contributed by atoms with van der Waals surface area (Å²) in [5.74, 6) is -0.949. The van der Waals surface area contributed by atoms with Crippen LogP contribution in [0.5, 0.6) is 0 Å². The molecule has 12 heteroatoms. The molecule has 11 nitrogen and oxygen atoms in total. The molecule has 3 N–H and O–H groups in total. The largest absolute Gasteiger partial charge is 0.460 e. The average molecular weight is 571 g/mol. The summed E-state index contributed by atoms with van der Waals surface area (Å²) in [6.07, 6.45) is 7.36. The molecule has 0 radical (unpaired) electrons. The molecule has 0 spiro atoms. The smallest absolute Gasteiger partial charge is 0.313 e. The standard InChI is InChI=1S/C29H39FN6O5/c1-29(2,18-40-26-8-3-4-13-38-26)19-41-35-22-9-11-36(12-10-22)28-33-15-21(16-34-28)23-7-5-6-20(27(23)30)17-39-25(37)14-24(31)32/h5-7,15-16,26H,3-4,8-14,17-19H2,1-2H3,(H3,31,32). The number of anilines is 1. The summed E-state index contributed by atoms with van der Waals surface area (Å²) in [4.78, 5) is 28.3. The molecule has 0 saturated carbocycles. The minimum atomic E-state index is -0.685. The summed E-state index contributed by atoms with van der Waals surface area (Å²) >= 11 is 0. The molecule has 1 unspecified atom stereocenters. The fourth-order valence-electron chi connectivity index (χ4n) is 4.46. The predicted molar refractivity (Wildman–Crippen MR) is 152 cm³/mol. The maximum absolute atomic E-state index is 15.1. The van der Waals surface area contributed by atoms with E-state index in [2.05, 4.69) is 33.9 Å². The normalized spacial score (nSPS) is 17.7. The molecule has 1 atom stereocenters. The van der Waals surface area contributed by atoms with Gasteiger partial charge in [-0.3, -0.25) is 10.2 Å². The van der Waals surface area contributed by atoms with Gasteiger partial charge in [-0.25, -0.2) is 14.4 Å². The number of hydrogen-bond donors (Lipinski definition) is 2. The Morgan fingerprint density at radius 1 is 1.22 bits per heavy atom. The van der Waals surface area contributed by atoms with E-state index >= 15 is 4.39 Å². The monoisotopic (exact) mass is 570 g/mol. The number of esters is 1. The number of aromatic nitrogens is 2. The van der Waals surface area contributed by atoms with Crippen molar-refractivity contribution in [2.45, 2.75) is 65.3 Å². The average Bonchev–Trinajstić information content (AvgIpc) is 2.96. The Hall–Kier alpha value is -3.64. The molecule has 2 aliphatic heterocycles. The van der Waals surface area contributed by atoms with Crippen molar-refractivity contribution in [1.82, 2.24) is 9.97 Å². The first-order valence-electron chi connectivity index (χ1n) is 13.9. The molecule has 1 aromatic carbocycles. The fraction of sp³-hybridized carbons (Fsp3) is 0.552. The van der Waals surface area contributed by atoms with Gasteiger partial charge in [0.1, 0.15) is 31.3 Å². The van der Waals surface area contributed by atoms with E-state index in [9.17, 15) is 4.79 Å². The zero-order valence-electron chi connectivity index (χ0n) is 23.7. The minimum Gasteiger partial charge on any atom is -0.460 e. The molecule has 0 amide bonds. The van der Waals surface area contributed by atoms with Gasteiger partial charge in [0.25, 0.3) is 0 Å². The van der Waals surface area contributed by atoms with Crippen LogP contribution < -0.4 is 10.6 Å². The van der Waals surface area contributed by atoms with Gasteiger partial charge in [0.05, 0.1) is 12.3 Å². The third kappa shape index (κ3) is 9.19. The predicted octanol–water partition coefficient (Wildman–Crippen LogP) is 4.19. The van der Waals surface area contributed by atoms with Crippen LogP contribution in [0.15, 0.2) is 35.7 Å². The van der Waals surface area contributed by atoms with Gasteiger partial charge < -0.3 is 29.7 Å². The lowest BCUT2D eigenvalue weighted by molar-refractivity contribution is -0.180. The van der Waals surface area contributed by atoms with Crippen LogP contribution in [0.4, 0.5) is 10.3 Å². The Kier molecular flexibility index (Phi) is 10.6. The number of benzene rings is 1. The highest BCUT2D eigenvalue weighted by Gasteiger charge is 2.24. The van der Waals surface area contributed by atoms with Gasteiger partial charge in [-0.05, 0) is 19.3 Å². The Morgan fingerprint density at radius 3 is 2.66 bits per heavy atom. The Morgan fingerprint density at radius 2 is 1.98 bits per heavy atom. The molecule has 3 heterocycles. The van der Waals surface area contributed by atoms with Crippen LogP contribution in [-0.2, 0) is 30.4 Å².